The van der Waals surface area contributed by atoms with Crippen LogP contribution in [0.4, 0.5) is 0 Å². The normalized spacial score (nSPS) is 19.3. The number of nitrogens with zero attached hydrogens (tertiary/aromatic N) is 2. The zero-order valence-corrected chi connectivity index (χ0v) is 14.8. The van der Waals surface area contributed by atoms with Crippen LogP contribution in [0.1, 0.15) is 24.0 Å². The number of sulfonamides is 1. The first-order valence-electron chi connectivity index (χ1n) is 7.89. The number of hydrogen-bond donors (Lipinski definition) is 2. The van der Waals surface area contributed by atoms with Gasteiger partial charge < -0.3 is 14.6 Å². The first-order chi connectivity index (χ1) is 11.2. The lowest BCUT2D eigenvalue weighted by atomic mass is 9.84. The second kappa shape index (κ2) is 6.00. The Balaban J connectivity index is 2.07. The molecular weight excluding hydrogens is 326 g/mol. The van der Waals surface area contributed by atoms with Crippen molar-refractivity contribution in [2.45, 2.75) is 18.4 Å². The molecule has 1 aromatic carbocycles. The third kappa shape index (κ3) is 3.39. The smallest absolute Gasteiger partial charge is 0.231 e. The van der Waals surface area contributed by atoms with Gasteiger partial charge in [-0.1, -0.05) is 6.07 Å². The number of hydrogen-bond acceptors (Lipinski definition) is 4. The Kier molecular flexibility index (Phi) is 4.29. The van der Waals surface area contributed by atoms with E-state index in [4.69, 9.17) is 5.14 Å². The second-order valence-electron chi connectivity index (χ2n) is 6.66. The van der Waals surface area contributed by atoms with Crippen LogP contribution >= 0.6 is 0 Å². The number of rotatable bonds is 3. The van der Waals surface area contributed by atoms with E-state index >= 15 is 0 Å². The van der Waals surface area contributed by atoms with E-state index in [1.165, 1.54) is 6.08 Å². The standard InChI is InChI=1S/C17H23N3O3S/c1-19-8-6-17(21,7-9-19)15-12-20(2)16-4-3-13(11-14(15)16)5-10-24(18,22)23/h3-5,10-12,21H,6-9H2,1-2H3,(H2,18,22,23). The summed E-state index contributed by atoms with van der Waals surface area (Å²) in [5.41, 5.74) is 1.79. The summed E-state index contributed by atoms with van der Waals surface area (Å²) in [6.45, 7) is 1.69. The summed E-state index contributed by atoms with van der Waals surface area (Å²) in [6.07, 6.45) is 4.81. The highest BCUT2D eigenvalue weighted by molar-refractivity contribution is 7.92. The van der Waals surface area contributed by atoms with Crippen molar-refractivity contribution < 1.29 is 13.5 Å². The number of aryl methyl sites for hydroxylation is 1. The Morgan fingerprint density at radius 3 is 2.54 bits per heavy atom. The van der Waals surface area contributed by atoms with Crippen molar-refractivity contribution >= 4 is 27.0 Å². The number of primary sulfonamides is 1. The Labute approximate surface area is 142 Å². The summed E-state index contributed by atoms with van der Waals surface area (Å²) in [6, 6.07) is 5.68. The fraction of sp³-hybridized carbons (Fsp3) is 0.412. The number of piperidine rings is 1. The summed E-state index contributed by atoms with van der Waals surface area (Å²) in [5.74, 6) is 0. The maximum Gasteiger partial charge on any atom is 0.231 e. The van der Waals surface area contributed by atoms with E-state index in [1.54, 1.807) is 0 Å². The number of aromatic nitrogens is 1. The first-order valence-corrected chi connectivity index (χ1v) is 9.50. The summed E-state index contributed by atoms with van der Waals surface area (Å²) >= 11 is 0. The Morgan fingerprint density at radius 2 is 1.92 bits per heavy atom. The maximum absolute atomic E-state index is 11.1. The van der Waals surface area contributed by atoms with E-state index in [1.807, 2.05) is 36.0 Å². The molecule has 0 bridgehead atoms. The van der Waals surface area contributed by atoms with E-state index in [0.717, 1.165) is 40.5 Å². The summed E-state index contributed by atoms with van der Waals surface area (Å²) < 4.78 is 24.2. The minimum Gasteiger partial charge on any atom is -0.385 e. The molecule has 1 aliphatic heterocycles. The monoisotopic (exact) mass is 349 g/mol. The van der Waals surface area contributed by atoms with Crippen LogP contribution < -0.4 is 5.14 Å². The number of benzene rings is 1. The third-order valence-corrected chi connectivity index (χ3v) is 5.29. The van der Waals surface area contributed by atoms with Gasteiger partial charge in [-0.2, -0.15) is 0 Å². The average Bonchev–Trinajstić information content (AvgIpc) is 2.85. The highest BCUT2D eigenvalue weighted by Crippen LogP contribution is 2.38. The number of aliphatic hydroxyl groups is 1. The quantitative estimate of drug-likeness (QED) is 0.875. The highest BCUT2D eigenvalue weighted by Gasteiger charge is 2.35. The Hall–Kier alpha value is -1.67. The van der Waals surface area contributed by atoms with Crippen LogP contribution in [0.5, 0.6) is 0 Å². The van der Waals surface area contributed by atoms with Crippen LogP contribution in [-0.4, -0.2) is 43.1 Å². The fourth-order valence-corrected chi connectivity index (χ4v) is 3.66. The van der Waals surface area contributed by atoms with Crippen molar-refractivity contribution in [2.75, 3.05) is 20.1 Å². The minimum absolute atomic E-state index is 0.680. The van der Waals surface area contributed by atoms with Gasteiger partial charge in [0.1, 0.15) is 0 Å². The lowest BCUT2D eigenvalue weighted by Crippen LogP contribution is -2.40. The molecule has 130 valence electrons. The Bertz CT molecular complexity index is 891. The van der Waals surface area contributed by atoms with Crippen LogP contribution in [0.15, 0.2) is 29.8 Å². The predicted molar refractivity (Wildman–Crippen MR) is 95.7 cm³/mol. The number of fused-ring (bicyclic) bond motifs is 1. The molecule has 7 heteroatoms. The molecule has 3 N–H and O–H groups in total. The minimum atomic E-state index is -3.66. The molecule has 0 atom stereocenters. The molecule has 6 nitrogen and oxygen atoms in total. The van der Waals surface area contributed by atoms with Crippen LogP contribution in [0.3, 0.4) is 0 Å². The van der Waals surface area contributed by atoms with Gasteiger partial charge in [-0.05, 0) is 43.7 Å². The summed E-state index contributed by atoms with van der Waals surface area (Å²) in [4.78, 5) is 2.21. The van der Waals surface area contributed by atoms with E-state index in [-0.39, 0.29) is 0 Å². The Morgan fingerprint density at radius 1 is 1.25 bits per heavy atom. The third-order valence-electron chi connectivity index (χ3n) is 4.78. The summed E-state index contributed by atoms with van der Waals surface area (Å²) in [5, 5.41) is 18.1. The van der Waals surface area contributed by atoms with E-state index in [2.05, 4.69) is 11.9 Å². The van der Waals surface area contributed by atoms with Crippen LogP contribution in [0, 0.1) is 0 Å². The van der Waals surface area contributed by atoms with Crippen molar-refractivity contribution in [1.29, 1.82) is 0 Å². The molecular formula is C17H23N3O3S. The van der Waals surface area contributed by atoms with Gasteiger partial charge in [0.2, 0.25) is 10.0 Å². The fourth-order valence-electron chi connectivity index (χ4n) is 3.32. The van der Waals surface area contributed by atoms with Gasteiger partial charge in [0.25, 0.3) is 0 Å². The van der Waals surface area contributed by atoms with E-state index < -0.39 is 15.6 Å². The van der Waals surface area contributed by atoms with Crippen molar-refractivity contribution in [3.8, 4) is 0 Å². The molecule has 0 aliphatic carbocycles. The molecule has 2 heterocycles. The topological polar surface area (TPSA) is 88.6 Å². The molecule has 2 aromatic rings. The van der Waals surface area contributed by atoms with Gasteiger partial charge in [0, 0.05) is 48.2 Å². The first kappa shape index (κ1) is 17.2. The average molecular weight is 349 g/mol. The van der Waals surface area contributed by atoms with E-state index in [0.29, 0.717) is 12.8 Å². The van der Waals surface area contributed by atoms with Crippen LogP contribution in [0.25, 0.3) is 17.0 Å². The molecule has 1 fully saturated rings. The maximum atomic E-state index is 11.1. The molecule has 24 heavy (non-hydrogen) atoms. The molecule has 0 spiro atoms. The molecule has 1 aromatic heterocycles. The molecule has 3 rings (SSSR count). The van der Waals surface area contributed by atoms with Gasteiger partial charge in [-0.3, -0.25) is 0 Å². The SMILES string of the molecule is CN1CCC(O)(c2cn(C)c3ccc(C=CS(N)(=O)=O)cc23)CC1. The largest absolute Gasteiger partial charge is 0.385 e. The predicted octanol–water partition coefficient (Wildman–Crippen LogP) is 1.35. The molecule has 0 radical (unpaired) electrons. The van der Waals surface area contributed by atoms with Crippen molar-refractivity contribution in [1.82, 2.24) is 9.47 Å². The molecule has 1 aliphatic rings. The summed E-state index contributed by atoms with van der Waals surface area (Å²) in [7, 11) is 0.343. The number of nitrogens with two attached hydrogens (primary N) is 1. The zero-order chi connectivity index (χ0) is 17.5. The van der Waals surface area contributed by atoms with E-state index in [9.17, 15) is 13.5 Å². The highest BCUT2D eigenvalue weighted by atomic mass is 32.2. The lowest BCUT2D eigenvalue weighted by Gasteiger charge is -2.36. The second-order valence-corrected chi connectivity index (χ2v) is 8.11. The van der Waals surface area contributed by atoms with Gasteiger partial charge >= 0.3 is 0 Å². The van der Waals surface area contributed by atoms with Gasteiger partial charge in [-0.15, -0.1) is 0 Å². The van der Waals surface area contributed by atoms with Gasteiger partial charge in [-0.25, -0.2) is 13.6 Å². The zero-order valence-electron chi connectivity index (χ0n) is 13.9. The van der Waals surface area contributed by atoms with Crippen molar-refractivity contribution in [2.24, 2.45) is 12.2 Å². The molecule has 1 saturated heterocycles. The van der Waals surface area contributed by atoms with Crippen molar-refractivity contribution in [3.63, 3.8) is 0 Å². The number of likely N-dealkylation sites (tertiary alicyclic amines) is 1. The van der Waals surface area contributed by atoms with Gasteiger partial charge in [0.05, 0.1) is 5.60 Å². The molecule has 0 unspecified atom stereocenters. The van der Waals surface area contributed by atoms with Crippen LogP contribution in [-0.2, 0) is 22.7 Å². The lowest BCUT2D eigenvalue weighted by molar-refractivity contribution is -0.0191. The van der Waals surface area contributed by atoms with Gasteiger partial charge in [0.15, 0.2) is 0 Å². The van der Waals surface area contributed by atoms with Crippen molar-refractivity contribution in [3.05, 3.63) is 40.9 Å². The molecule has 0 saturated carbocycles. The van der Waals surface area contributed by atoms with Crippen LogP contribution in [0.2, 0.25) is 0 Å². The molecule has 0 amide bonds.